The third-order valence-electron chi connectivity index (χ3n) is 8.52. The highest BCUT2D eigenvalue weighted by Gasteiger charge is 2.56. The first-order valence-electron chi connectivity index (χ1n) is 12.7. The van der Waals surface area contributed by atoms with Crippen molar-refractivity contribution in [1.29, 1.82) is 0 Å². The summed E-state index contributed by atoms with van der Waals surface area (Å²) in [7, 11) is 0. The Morgan fingerprint density at radius 3 is 2.49 bits per heavy atom. The van der Waals surface area contributed by atoms with Crippen LogP contribution in [0.1, 0.15) is 43.7 Å². The van der Waals surface area contributed by atoms with Crippen LogP contribution in [0.15, 0.2) is 78.4 Å². The second-order valence-corrected chi connectivity index (χ2v) is 10.6. The molecule has 5 rings (SSSR count). The molecule has 2 bridgehead atoms. The fraction of sp³-hybridized carbons (Fsp3) is 0.419. The Hall–Kier alpha value is -3.14. The summed E-state index contributed by atoms with van der Waals surface area (Å²) in [4.78, 5) is 25.7. The Morgan fingerprint density at radius 2 is 1.77 bits per heavy atom. The van der Waals surface area contributed by atoms with Gasteiger partial charge in [0.25, 0.3) is 0 Å². The van der Waals surface area contributed by atoms with Crippen molar-refractivity contribution in [2.45, 2.75) is 39.2 Å². The van der Waals surface area contributed by atoms with Gasteiger partial charge < -0.3 is 9.47 Å². The van der Waals surface area contributed by atoms with E-state index in [1.807, 2.05) is 30.3 Å². The van der Waals surface area contributed by atoms with Crippen molar-refractivity contribution in [2.24, 2.45) is 35.5 Å². The van der Waals surface area contributed by atoms with Crippen molar-refractivity contribution >= 4 is 18.0 Å². The lowest BCUT2D eigenvalue weighted by atomic mass is 9.75. The highest BCUT2D eigenvalue weighted by atomic mass is 16.5. The van der Waals surface area contributed by atoms with Gasteiger partial charge in [0, 0.05) is 5.57 Å². The molecular formula is C31H34O4. The van der Waals surface area contributed by atoms with Gasteiger partial charge in [-0.05, 0) is 77.5 Å². The summed E-state index contributed by atoms with van der Waals surface area (Å²) in [6.07, 6.45) is 13.5. The molecule has 0 amide bonds. The van der Waals surface area contributed by atoms with Crippen molar-refractivity contribution in [3.05, 3.63) is 89.6 Å². The Kier molecular flexibility index (Phi) is 6.64. The summed E-state index contributed by atoms with van der Waals surface area (Å²) >= 11 is 0. The van der Waals surface area contributed by atoms with Crippen LogP contribution in [-0.2, 0) is 25.7 Å². The number of esters is 2. The summed E-state index contributed by atoms with van der Waals surface area (Å²) in [6.45, 7) is 10.4. The minimum absolute atomic E-state index is 0.0470. The third-order valence-corrected chi connectivity index (χ3v) is 8.52. The van der Waals surface area contributed by atoms with Gasteiger partial charge in [0.05, 0.1) is 5.92 Å². The molecule has 0 N–H and O–H groups in total. The molecule has 4 aliphatic carbocycles. The zero-order valence-electron chi connectivity index (χ0n) is 20.5. The Morgan fingerprint density at radius 1 is 0.971 bits per heavy atom. The van der Waals surface area contributed by atoms with E-state index in [0.29, 0.717) is 42.6 Å². The second kappa shape index (κ2) is 9.85. The van der Waals surface area contributed by atoms with Crippen LogP contribution >= 0.6 is 0 Å². The van der Waals surface area contributed by atoms with Crippen LogP contribution < -0.4 is 0 Å². The summed E-state index contributed by atoms with van der Waals surface area (Å²) in [6, 6.07) is 7.84. The molecule has 0 heterocycles. The van der Waals surface area contributed by atoms with Crippen molar-refractivity contribution in [3.63, 3.8) is 0 Å². The Balaban J connectivity index is 1.13. The molecule has 1 aromatic carbocycles. The molecule has 0 radical (unpaired) electrons. The maximum absolute atomic E-state index is 13.0. The summed E-state index contributed by atoms with van der Waals surface area (Å²) in [5, 5.41) is 0. The van der Waals surface area contributed by atoms with Gasteiger partial charge in [-0.15, -0.1) is 0 Å². The maximum Gasteiger partial charge on any atom is 0.334 e. The first kappa shape index (κ1) is 23.6. The highest BCUT2D eigenvalue weighted by Crippen LogP contribution is 2.60. The molecule has 4 heteroatoms. The van der Waals surface area contributed by atoms with Gasteiger partial charge in [-0.2, -0.15) is 0 Å². The zero-order chi connectivity index (χ0) is 24.5. The quantitative estimate of drug-likeness (QED) is 0.424. The van der Waals surface area contributed by atoms with E-state index >= 15 is 0 Å². The van der Waals surface area contributed by atoms with Crippen molar-refractivity contribution < 1.29 is 19.1 Å². The summed E-state index contributed by atoms with van der Waals surface area (Å²) in [5.74, 6) is 1.58. The maximum atomic E-state index is 13.0. The highest BCUT2D eigenvalue weighted by molar-refractivity contribution is 5.89. The molecule has 0 saturated heterocycles. The topological polar surface area (TPSA) is 52.6 Å². The predicted molar refractivity (Wildman–Crippen MR) is 137 cm³/mol. The van der Waals surface area contributed by atoms with Gasteiger partial charge in [-0.3, -0.25) is 4.79 Å². The number of hydrogen-bond donors (Lipinski definition) is 0. The lowest BCUT2D eigenvalue weighted by Gasteiger charge is -2.30. The second-order valence-electron chi connectivity index (χ2n) is 10.6. The number of hydrogen-bond acceptors (Lipinski definition) is 4. The number of fused-ring (bicyclic) bond motifs is 5. The molecule has 0 aliphatic heterocycles. The van der Waals surface area contributed by atoms with Gasteiger partial charge in [0.2, 0.25) is 0 Å². The molecule has 2 fully saturated rings. The van der Waals surface area contributed by atoms with E-state index in [4.69, 9.17) is 9.47 Å². The SMILES string of the molecule is C=CC1=CC=C(COC(=O)C2CC3CC2C2CC(C(=O)OCc4ccc(C=C)cc4)=CC32)CC1C. The zero-order valence-corrected chi connectivity index (χ0v) is 20.5. The van der Waals surface area contributed by atoms with E-state index in [-0.39, 0.29) is 24.5 Å². The van der Waals surface area contributed by atoms with Gasteiger partial charge in [0.15, 0.2) is 0 Å². The molecule has 1 aromatic rings. The number of carbonyl (C=O) groups excluding carboxylic acids is 2. The molecule has 6 atom stereocenters. The molecular weight excluding hydrogens is 436 g/mol. The van der Waals surface area contributed by atoms with Gasteiger partial charge in [-0.1, -0.05) is 74.7 Å². The summed E-state index contributed by atoms with van der Waals surface area (Å²) < 4.78 is 11.4. The lowest BCUT2D eigenvalue weighted by molar-refractivity contribution is -0.150. The molecule has 35 heavy (non-hydrogen) atoms. The Bertz CT molecular complexity index is 1120. The van der Waals surface area contributed by atoms with Crippen LogP contribution in [-0.4, -0.2) is 18.5 Å². The lowest BCUT2D eigenvalue weighted by Crippen LogP contribution is -2.31. The number of rotatable bonds is 8. The van der Waals surface area contributed by atoms with Crippen LogP contribution in [0, 0.1) is 35.5 Å². The van der Waals surface area contributed by atoms with Crippen LogP contribution in [0.4, 0.5) is 0 Å². The summed E-state index contributed by atoms with van der Waals surface area (Å²) in [5.41, 5.74) is 5.16. The smallest absolute Gasteiger partial charge is 0.334 e. The van der Waals surface area contributed by atoms with E-state index in [1.165, 1.54) is 5.57 Å². The molecule has 4 aliphatic rings. The van der Waals surface area contributed by atoms with Crippen LogP contribution in [0.3, 0.4) is 0 Å². The molecule has 4 nitrogen and oxygen atoms in total. The van der Waals surface area contributed by atoms with E-state index in [0.717, 1.165) is 41.5 Å². The molecule has 0 spiro atoms. The molecule has 6 unspecified atom stereocenters. The number of benzene rings is 1. The van der Waals surface area contributed by atoms with Crippen molar-refractivity contribution in [3.8, 4) is 0 Å². The third kappa shape index (κ3) is 4.71. The van der Waals surface area contributed by atoms with Crippen LogP contribution in [0.2, 0.25) is 0 Å². The van der Waals surface area contributed by atoms with Gasteiger partial charge >= 0.3 is 11.9 Å². The molecule has 182 valence electrons. The monoisotopic (exact) mass is 470 g/mol. The average molecular weight is 471 g/mol. The van der Waals surface area contributed by atoms with E-state index in [9.17, 15) is 9.59 Å². The van der Waals surface area contributed by atoms with E-state index in [1.54, 1.807) is 6.08 Å². The predicted octanol–water partition coefficient (Wildman–Crippen LogP) is 6.21. The van der Waals surface area contributed by atoms with Crippen LogP contribution in [0.25, 0.3) is 6.08 Å². The van der Waals surface area contributed by atoms with Gasteiger partial charge in [0.1, 0.15) is 13.2 Å². The minimum Gasteiger partial charge on any atom is -0.461 e. The fourth-order valence-electron chi connectivity index (χ4n) is 6.65. The minimum atomic E-state index is -0.226. The van der Waals surface area contributed by atoms with Crippen molar-refractivity contribution in [2.75, 3.05) is 6.61 Å². The van der Waals surface area contributed by atoms with Gasteiger partial charge in [-0.25, -0.2) is 4.79 Å². The largest absolute Gasteiger partial charge is 0.461 e. The normalized spacial score (nSPS) is 30.6. The first-order chi connectivity index (χ1) is 17.0. The number of allylic oxidation sites excluding steroid dienone is 5. The van der Waals surface area contributed by atoms with Crippen molar-refractivity contribution in [1.82, 2.24) is 0 Å². The Labute approximate surface area is 208 Å². The van der Waals surface area contributed by atoms with E-state index in [2.05, 4.69) is 38.3 Å². The average Bonchev–Trinajstić information content (AvgIpc) is 3.59. The molecule has 2 saturated carbocycles. The first-order valence-corrected chi connectivity index (χ1v) is 12.7. The standard InChI is InChI=1S/C31H34O4/c1-4-20-6-8-21(9-7-20)17-34-30(32)25-15-26-24-13-28(27(26)16-25)29(14-24)31(33)35-18-22-10-11-23(5-2)19(3)12-22/h4-11,15,19,24,26-29H,1-2,12-14,16-18H2,3H3. The van der Waals surface area contributed by atoms with E-state index < -0.39 is 0 Å². The number of carbonyl (C=O) groups is 2. The fourth-order valence-corrected chi connectivity index (χ4v) is 6.65. The van der Waals surface area contributed by atoms with Crippen LogP contribution in [0.5, 0.6) is 0 Å². The number of ether oxygens (including phenoxy) is 2. The molecule has 0 aromatic heterocycles.